The summed E-state index contributed by atoms with van der Waals surface area (Å²) in [7, 11) is 2.97. The summed E-state index contributed by atoms with van der Waals surface area (Å²) in [6, 6.07) is 21.4. The van der Waals surface area contributed by atoms with Gasteiger partial charge in [-0.1, -0.05) is 35.9 Å². The number of thiocarbonyl (C=S) groups is 1. The molecule has 0 radical (unpaired) electrons. The van der Waals surface area contributed by atoms with Crippen LogP contribution in [0.5, 0.6) is 5.75 Å². The molecule has 2 aromatic carbocycles. The van der Waals surface area contributed by atoms with Crippen molar-refractivity contribution < 1.29 is 23.4 Å². The highest BCUT2D eigenvalue weighted by Crippen LogP contribution is 2.44. The second-order valence-electron chi connectivity index (χ2n) is 8.69. The van der Waals surface area contributed by atoms with Crippen molar-refractivity contribution >= 4 is 40.6 Å². The number of ether oxygens (including phenoxy) is 3. The number of nitrogens with one attached hydrogen (secondary N) is 1. The van der Waals surface area contributed by atoms with E-state index in [2.05, 4.69) is 10.3 Å². The predicted molar refractivity (Wildman–Crippen MR) is 152 cm³/mol. The molecule has 0 aliphatic carbocycles. The minimum atomic E-state index is -0.442. The highest BCUT2D eigenvalue weighted by molar-refractivity contribution is 7.80. The van der Waals surface area contributed by atoms with Gasteiger partial charge in [0, 0.05) is 24.6 Å². The molecule has 4 aromatic rings. The van der Waals surface area contributed by atoms with Gasteiger partial charge in [-0.3, -0.25) is 4.98 Å². The van der Waals surface area contributed by atoms with E-state index in [0.717, 1.165) is 11.4 Å². The van der Waals surface area contributed by atoms with Crippen molar-refractivity contribution in [1.29, 1.82) is 0 Å². The summed E-state index contributed by atoms with van der Waals surface area (Å²) >= 11 is 12.4. The van der Waals surface area contributed by atoms with Gasteiger partial charge < -0.3 is 28.8 Å². The first-order valence-corrected chi connectivity index (χ1v) is 13.0. The largest absolute Gasteiger partial charge is 0.490 e. The van der Waals surface area contributed by atoms with E-state index < -0.39 is 12.0 Å². The number of halogens is 1. The minimum absolute atomic E-state index is 0.315. The molecule has 0 spiro atoms. The van der Waals surface area contributed by atoms with Gasteiger partial charge in [-0.05, 0) is 60.7 Å². The number of esters is 1. The lowest BCUT2D eigenvalue weighted by Crippen LogP contribution is -2.29. The normalized spacial score (nSPS) is 16.7. The summed E-state index contributed by atoms with van der Waals surface area (Å²) in [6.07, 6.45) is 1.74. The molecule has 5 rings (SSSR count). The fourth-order valence-corrected chi connectivity index (χ4v) is 5.13. The first-order chi connectivity index (χ1) is 19.0. The Morgan fingerprint density at radius 2 is 1.90 bits per heavy atom. The number of pyridine rings is 1. The molecule has 2 atom stereocenters. The topological polar surface area (TPSA) is 86.1 Å². The Labute approximate surface area is 236 Å². The summed E-state index contributed by atoms with van der Waals surface area (Å²) in [4.78, 5) is 18.9. The van der Waals surface area contributed by atoms with Crippen LogP contribution in [0.25, 0.3) is 11.3 Å². The SMILES string of the molecule is COCCOc1ccc(N2C(=S)N[C@@H](c3ccccn3)[C@H]2c2ccc(-c3ccccc3C(=O)OC)o2)cc1Cl. The number of carbonyl (C=O) groups excluding carboxylic acids is 1. The molecule has 1 fully saturated rings. The van der Waals surface area contributed by atoms with Crippen LogP contribution in [0, 0.1) is 0 Å². The molecule has 1 aliphatic heterocycles. The van der Waals surface area contributed by atoms with E-state index in [1.54, 1.807) is 31.5 Å². The number of rotatable bonds is 9. The average Bonchev–Trinajstić information content (AvgIpc) is 3.58. The fourth-order valence-electron chi connectivity index (χ4n) is 4.56. The molecule has 3 heterocycles. The van der Waals surface area contributed by atoms with Crippen LogP contribution in [0.1, 0.15) is 33.9 Å². The molecule has 200 valence electrons. The molecule has 2 aromatic heterocycles. The summed E-state index contributed by atoms with van der Waals surface area (Å²) < 4.78 is 22.2. The Bertz CT molecular complexity index is 1480. The molecule has 0 saturated carbocycles. The third-order valence-corrected chi connectivity index (χ3v) is 6.96. The number of methoxy groups -OCH3 is 2. The maximum Gasteiger partial charge on any atom is 0.338 e. The van der Waals surface area contributed by atoms with Crippen molar-refractivity contribution in [2.24, 2.45) is 0 Å². The molecule has 1 aliphatic rings. The average molecular weight is 564 g/mol. The van der Waals surface area contributed by atoms with E-state index in [0.29, 0.717) is 51.7 Å². The first kappa shape index (κ1) is 26.7. The van der Waals surface area contributed by atoms with Crippen LogP contribution in [0.4, 0.5) is 5.69 Å². The van der Waals surface area contributed by atoms with Gasteiger partial charge >= 0.3 is 5.97 Å². The van der Waals surface area contributed by atoms with E-state index in [1.807, 2.05) is 59.5 Å². The molecule has 0 amide bonds. The van der Waals surface area contributed by atoms with Gasteiger partial charge in [0.25, 0.3) is 0 Å². The van der Waals surface area contributed by atoms with Crippen LogP contribution < -0.4 is 15.0 Å². The zero-order valence-corrected chi connectivity index (χ0v) is 22.9. The van der Waals surface area contributed by atoms with Crippen LogP contribution in [-0.4, -0.2) is 43.5 Å². The number of nitrogens with zero attached hydrogens (tertiary/aromatic N) is 2. The number of furan rings is 1. The predicted octanol–water partition coefficient (Wildman–Crippen LogP) is 5.98. The van der Waals surface area contributed by atoms with E-state index in [-0.39, 0.29) is 6.04 Å². The third-order valence-electron chi connectivity index (χ3n) is 6.35. The van der Waals surface area contributed by atoms with Gasteiger partial charge in [-0.25, -0.2) is 4.79 Å². The highest BCUT2D eigenvalue weighted by Gasteiger charge is 2.43. The van der Waals surface area contributed by atoms with Crippen LogP contribution in [0.3, 0.4) is 0 Å². The summed E-state index contributed by atoms with van der Waals surface area (Å²) in [5.41, 5.74) is 2.60. The first-order valence-electron chi connectivity index (χ1n) is 12.2. The van der Waals surface area contributed by atoms with Gasteiger partial charge in [0.1, 0.15) is 29.9 Å². The second kappa shape index (κ2) is 11.9. The van der Waals surface area contributed by atoms with Crippen molar-refractivity contribution in [3.05, 3.63) is 101 Å². The van der Waals surface area contributed by atoms with Crippen molar-refractivity contribution in [3.8, 4) is 17.1 Å². The number of anilines is 1. The van der Waals surface area contributed by atoms with Crippen LogP contribution in [0.15, 0.2) is 83.4 Å². The number of carbonyl (C=O) groups is 1. The van der Waals surface area contributed by atoms with E-state index >= 15 is 0 Å². The van der Waals surface area contributed by atoms with Crippen molar-refractivity contribution in [3.63, 3.8) is 0 Å². The molecule has 1 N–H and O–H groups in total. The van der Waals surface area contributed by atoms with Gasteiger partial charge in [0.15, 0.2) is 5.11 Å². The van der Waals surface area contributed by atoms with Crippen molar-refractivity contribution in [2.75, 3.05) is 32.3 Å². The van der Waals surface area contributed by atoms with Gasteiger partial charge in [-0.2, -0.15) is 0 Å². The van der Waals surface area contributed by atoms with Crippen molar-refractivity contribution in [1.82, 2.24) is 10.3 Å². The lowest BCUT2D eigenvalue weighted by atomic mass is 10.0. The Balaban J connectivity index is 1.55. The Morgan fingerprint density at radius 3 is 2.64 bits per heavy atom. The number of aromatic nitrogens is 1. The fraction of sp³-hybridized carbons (Fsp3) is 0.207. The maximum atomic E-state index is 12.4. The Kier molecular flexibility index (Phi) is 8.11. The standard InChI is InChI=1S/C29H26ClN3O5S/c1-35-15-16-37-24-11-10-18(17-21(24)30)33-27(26(32-29(33)39)22-9-5-6-14-31-22)25-13-12-23(38-25)19-7-3-4-8-20(19)28(34)36-2/h3-14,17,26-27H,15-16H2,1-2H3,(H,32,39)/t26-,27+/m0/s1. The van der Waals surface area contributed by atoms with E-state index in [4.69, 9.17) is 42.4 Å². The molecule has 1 saturated heterocycles. The highest BCUT2D eigenvalue weighted by atomic mass is 35.5. The zero-order valence-electron chi connectivity index (χ0n) is 21.3. The molecular weight excluding hydrogens is 538 g/mol. The quantitative estimate of drug-likeness (QED) is 0.150. The van der Waals surface area contributed by atoms with Gasteiger partial charge in [-0.15, -0.1) is 0 Å². The van der Waals surface area contributed by atoms with E-state index in [9.17, 15) is 4.79 Å². The van der Waals surface area contributed by atoms with Crippen LogP contribution in [-0.2, 0) is 9.47 Å². The summed E-state index contributed by atoms with van der Waals surface area (Å²) in [6.45, 7) is 0.831. The molecular formula is C29H26ClN3O5S. The third kappa shape index (κ3) is 5.47. The number of hydrogen-bond donors (Lipinski definition) is 1. The van der Waals surface area contributed by atoms with Gasteiger partial charge in [0.05, 0.1) is 36.0 Å². The molecule has 10 heteroatoms. The van der Waals surface area contributed by atoms with Crippen LogP contribution in [0.2, 0.25) is 5.02 Å². The second-order valence-corrected chi connectivity index (χ2v) is 9.49. The minimum Gasteiger partial charge on any atom is -0.490 e. The molecule has 0 unspecified atom stereocenters. The number of hydrogen-bond acceptors (Lipinski definition) is 7. The van der Waals surface area contributed by atoms with Crippen LogP contribution >= 0.6 is 23.8 Å². The van der Waals surface area contributed by atoms with Crippen molar-refractivity contribution in [2.45, 2.75) is 12.1 Å². The molecule has 8 nitrogen and oxygen atoms in total. The molecule has 39 heavy (non-hydrogen) atoms. The maximum absolute atomic E-state index is 12.4. The van der Waals surface area contributed by atoms with Gasteiger partial charge in [0.2, 0.25) is 0 Å². The Hall–Kier alpha value is -3.92. The Morgan fingerprint density at radius 1 is 1.08 bits per heavy atom. The monoisotopic (exact) mass is 563 g/mol. The zero-order chi connectivity index (χ0) is 27.4. The number of benzene rings is 2. The lowest BCUT2D eigenvalue weighted by molar-refractivity contribution is 0.0601. The molecule has 0 bridgehead atoms. The summed E-state index contributed by atoms with van der Waals surface area (Å²) in [5, 5.41) is 4.34. The lowest BCUT2D eigenvalue weighted by Gasteiger charge is -2.26. The smallest absolute Gasteiger partial charge is 0.338 e. The summed E-state index contributed by atoms with van der Waals surface area (Å²) in [5.74, 6) is 1.27. The van der Waals surface area contributed by atoms with E-state index in [1.165, 1.54) is 7.11 Å².